The highest BCUT2D eigenvalue weighted by Crippen LogP contribution is 2.36. The van der Waals surface area contributed by atoms with Crippen molar-refractivity contribution in [1.29, 1.82) is 0 Å². The Bertz CT molecular complexity index is 705. The highest BCUT2D eigenvalue weighted by atomic mass is 32.1. The van der Waals surface area contributed by atoms with Crippen molar-refractivity contribution >= 4 is 28.4 Å². The first-order valence-corrected chi connectivity index (χ1v) is 7.75. The standard InChI is InChI=1S/C16H14N4S/c1-17-15-6-5-14(7-16(15)18-2)20(8-12-3-4-12)9-13-10-21-11-19-13/h5-7,10-12H,3-4,8-9H2. The number of rotatable bonds is 5. The number of nitrogens with zero attached hydrogens (tertiary/aromatic N) is 4. The molecule has 5 heteroatoms. The largest absolute Gasteiger partial charge is 0.366 e. The van der Waals surface area contributed by atoms with Gasteiger partial charge in [-0.3, -0.25) is 9.69 Å². The van der Waals surface area contributed by atoms with Gasteiger partial charge in [-0.25, -0.2) is 4.98 Å². The zero-order valence-electron chi connectivity index (χ0n) is 11.5. The van der Waals surface area contributed by atoms with Crippen molar-refractivity contribution in [2.45, 2.75) is 19.4 Å². The van der Waals surface area contributed by atoms with Crippen LogP contribution in [-0.4, -0.2) is 11.5 Å². The van der Waals surface area contributed by atoms with Gasteiger partial charge in [0.1, 0.15) is 0 Å². The van der Waals surface area contributed by atoms with E-state index < -0.39 is 0 Å². The highest BCUT2D eigenvalue weighted by molar-refractivity contribution is 7.07. The van der Waals surface area contributed by atoms with Crippen LogP contribution in [0.3, 0.4) is 0 Å². The van der Waals surface area contributed by atoms with Crippen LogP contribution in [0.5, 0.6) is 0 Å². The van der Waals surface area contributed by atoms with Gasteiger partial charge in [-0.05, 0) is 24.8 Å². The van der Waals surface area contributed by atoms with Gasteiger partial charge in [-0.1, -0.05) is 12.1 Å². The van der Waals surface area contributed by atoms with E-state index in [-0.39, 0.29) is 0 Å². The van der Waals surface area contributed by atoms with Gasteiger partial charge in [0.25, 0.3) is 0 Å². The van der Waals surface area contributed by atoms with Crippen LogP contribution in [0.15, 0.2) is 29.1 Å². The summed E-state index contributed by atoms with van der Waals surface area (Å²) in [4.78, 5) is 13.5. The molecule has 0 bridgehead atoms. The molecule has 104 valence electrons. The molecule has 1 heterocycles. The number of benzene rings is 1. The quantitative estimate of drug-likeness (QED) is 0.749. The Morgan fingerprint density at radius 3 is 2.67 bits per heavy atom. The number of hydrogen-bond acceptors (Lipinski definition) is 3. The van der Waals surface area contributed by atoms with E-state index >= 15 is 0 Å². The third-order valence-electron chi connectivity index (χ3n) is 3.58. The molecule has 0 atom stereocenters. The molecule has 1 aromatic carbocycles. The average Bonchev–Trinajstić information content (AvgIpc) is 3.19. The normalized spacial score (nSPS) is 13.4. The van der Waals surface area contributed by atoms with Gasteiger partial charge >= 0.3 is 0 Å². The lowest BCUT2D eigenvalue weighted by atomic mass is 10.2. The summed E-state index contributed by atoms with van der Waals surface area (Å²) in [5.41, 5.74) is 4.76. The van der Waals surface area contributed by atoms with E-state index in [1.807, 2.05) is 17.6 Å². The van der Waals surface area contributed by atoms with Crippen LogP contribution in [0.1, 0.15) is 18.5 Å². The van der Waals surface area contributed by atoms with E-state index in [2.05, 4.69) is 25.0 Å². The molecule has 1 aliphatic rings. The predicted octanol–water partition coefficient (Wildman–Crippen LogP) is 4.66. The molecule has 1 aromatic heterocycles. The van der Waals surface area contributed by atoms with Gasteiger partial charge in [-0.15, -0.1) is 11.3 Å². The van der Waals surface area contributed by atoms with Crippen molar-refractivity contribution < 1.29 is 0 Å². The fourth-order valence-corrected chi connectivity index (χ4v) is 2.83. The Morgan fingerprint density at radius 1 is 1.24 bits per heavy atom. The van der Waals surface area contributed by atoms with Crippen LogP contribution in [-0.2, 0) is 6.54 Å². The molecule has 1 saturated carbocycles. The third-order valence-corrected chi connectivity index (χ3v) is 4.21. The lowest BCUT2D eigenvalue weighted by Crippen LogP contribution is -2.25. The van der Waals surface area contributed by atoms with Crippen molar-refractivity contribution in [2.75, 3.05) is 11.4 Å². The number of hydrogen-bond donors (Lipinski definition) is 0. The maximum Gasteiger partial charge on any atom is 0.196 e. The summed E-state index contributed by atoms with van der Waals surface area (Å²) in [5.74, 6) is 0.751. The molecule has 0 amide bonds. The Kier molecular flexibility index (Phi) is 3.85. The molecular formula is C16H14N4S. The fraction of sp³-hybridized carbons (Fsp3) is 0.312. The first kappa shape index (κ1) is 13.6. The molecular weight excluding hydrogens is 280 g/mol. The summed E-state index contributed by atoms with van der Waals surface area (Å²) in [6.45, 7) is 16.1. The molecule has 1 fully saturated rings. The summed E-state index contributed by atoms with van der Waals surface area (Å²) in [6, 6.07) is 5.52. The maximum atomic E-state index is 7.23. The van der Waals surface area contributed by atoms with Gasteiger partial charge in [-0.2, -0.15) is 0 Å². The zero-order chi connectivity index (χ0) is 14.7. The lowest BCUT2D eigenvalue weighted by molar-refractivity contribution is 0.715. The van der Waals surface area contributed by atoms with Crippen molar-refractivity contribution in [3.63, 3.8) is 0 Å². The van der Waals surface area contributed by atoms with Crippen molar-refractivity contribution in [3.8, 4) is 0 Å². The monoisotopic (exact) mass is 294 g/mol. The van der Waals surface area contributed by atoms with Gasteiger partial charge in [0, 0.05) is 17.6 Å². The Hall–Kier alpha value is -2.37. The average molecular weight is 294 g/mol. The second-order valence-corrected chi connectivity index (χ2v) is 5.92. The number of anilines is 1. The van der Waals surface area contributed by atoms with Crippen molar-refractivity contribution in [2.24, 2.45) is 5.92 Å². The number of aromatic nitrogens is 1. The first-order valence-electron chi connectivity index (χ1n) is 6.81. The SMILES string of the molecule is [C-]#[N+]c1ccc(N(Cc2cscn2)CC2CC2)cc1[N+]#[C-]. The molecule has 0 aliphatic heterocycles. The molecule has 21 heavy (non-hydrogen) atoms. The number of thiazole rings is 1. The van der Waals surface area contributed by atoms with Gasteiger partial charge in [0.2, 0.25) is 0 Å². The van der Waals surface area contributed by atoms with E-state index in [1.54, 1.807) is 17.4 Å². The summed E-state index contributed by atoms with van der Waals surface area (Å²) in [5, 5.41) is 2.06. The minimum atomic E-state index is 0.425. The lowest BCUT2D eigenvalue weighted by Gasteiger charge is -2.24. The molecule has 4 nitrogen and oxygen atoms in total. The second-order valence-electron chi connectivity index (χ2n) is 5.20. The van der Waals surface area contributed by atoms with E-state index in [1.165, 1.54) is 12.8 Å². The molecule has 3 rings (SSSR count). The van der Waals surface area contributed by atoms with Gasteiger partial charge in [0.05, 0.1) is 30.9 Å². The predicted molar refractivity (Wildman–Crippen MR) is 84.9 cm³/mol. The van der Waals surface area contributed by atoms with Crippen LogP contribution in [0, 0.1) is 19.1 Å². The molecule has 0 saturated heterocycles. The van der Waals surface area contributed by atoms with E-state index in [0.717, 1.165) is 30.4 Å². The van der Waals surface area contributed by atoms with E-state index in [9.17, 15) is 0 Å². The Balaban J connectivity index is 1.88. The first-order chi connectivity index (χ1) is 10.3. The summed E-state index contributed by atoms with van der Waals surface area (Å²) >= 11 is 1.60. The maximum absolute atomic E-state index is 7.23. The summed E-state index contributed by atoms with van der Waals surface area (Å²) in [7, 11) is 0. The van der Waals surface area contributed by atoms with Crippen LogP contribution >= 0.6 is 11.3 Å². The minimum absolute atomic E-state index is 0.425. The van der Waals surface area contributed by atoms with Crippen molar-refractivity contribution in [1.82, 2.24) is 4.98 Å². The van der Waals surface area contributed by atoms with Crippen LogP contribution < -0.4 is 4.90 Å². The zero-order valence-corrected chi connectivity index (χ0v) is 12.3. The van der Waals surface area contributed by atoms with E-state index in [4.69, 9.17) is 13.1 Å². The van der Waals surface area contributed by atoms with Crippen LogP contribution in [0.2, 0.25) is 0 Å². The topological polar surface area (TPSA) is 24.9 Å². The minimum Gasteiger partial charge on any atom is -0.366 e. The summed E-state index contributed by atoms with van der Waals surface area (Å²) in [6.07, 6.45) is 2.56. The molecule has 1 aliphatic carbocycles. The molecule has 0 radical (unpaired) electrons. The van der Waals surface area contributed by atoms with E-state index in [0.29, 0.717) is 11.4 Å². The van der Waals surface area contributed by atoms with Gasteiger partial charge in [0.15, 0.2) is 11.4 Å². The van der Waals surface area contributed by atoms with Crippen molar-refractivity contribution in [3.05, 3.63) is 57.6 Å². The fourth-order valence-electron chi connectivity index (χ4n) is 2.28. The molecule has 2 aromatic rings. The van der Waals surface area contributed by atoms with Gasteiger partial charge < -0.3 is 4.90 Å². The molecule has 0 unspecified atom stereocenters. The van der Waals surface area contributed by atoms with Crippen LogP contribution in [0.4, 0.5) is 17.1 Å². The Labute approximate surface area is 128 Å². The van der Waals surface area contributed by atoms with Crippen LogP contribution in [0.25, 0.3) is 9.69 Å². The Morgan fingerprint density at radius 2 is 2.05 bits per heavy atom. The molecule has 0 spiro atoms. The third kappa shape index (κ3) is 3.21. The highest BCUT2D eigenvalue weighted by Gasteiger charge is 2.25. The molecule has 0 N–H and O–H groups in total. The summed E-state index contributed by atoms with van der Waals surface area (Å²) < 4.78 is 0. The second kappa shape index (κ2) is 5.95. The smallest absolute Gasteiger partial charge is 0.196 e.